The first-order valence-electron chi connectivity index (χ1n) is 8.62. The minimum Gasteiger partial charge on any atom is -0.324 e. The SMILES string of the molecule is O=C(Cc1ccsc1)Nc1ccc(N2CCN(c3ccccc3)C2=O)nc1. The fourth-order valence-corrected chi connectivity index (χ4v) is 3.67. The van der Waals surface area contributed by atoms with Gasteiger partial charge in [0.05, 0.1) is 18.3 Å². The highest BCUT2D eigenvalue weighted by Gasteiger charge is 2.31. The van der Waals surface area contributed by atoms with E-state index in [9.17, 15) is 9.59 Å². The number of rotatable bonds is 5. The van der Waals surface area contributed by atoms with Gasteiger partial charge in [0.1, 0.15) is 5.82 Å². The molecule has 4 rings (SSSR count). The predicted octanol–water partition coefficient (Wildman–Crippen LogP) is 3.77. The van der Waals surface area contributed by atoms with Crippen molar-refractivity contribution in [3.63, 3.8) is 0 Å². The lowest BCUT2D eigenvalue weighted by atomic mass is 10.2. The molecule has 0 bridgehead atoms. The number of carbonyl (C=O) groups is 2. The lowest BCUT2D eigenvalue weighted by molar-refractivity contribution is -0.115. The normalized spacial score (nSPS) is 13.9. The largest absolute Gasteiger partial charge is 0.330 e. The molecule has 1 fully saturated rings. The summed E-state index contributed by atoms with van der Waals surface area (Å²) in [4.78, 5) is 32.5. The fraction of sp³-hybridized carbons (Fsp3) is 0.150. The molecule has 0 spiro atoms. The van der Waals surface area contributed by atoms with Gasteiger partial charge in [-0.1, -0.05) is 18.2 Å². The van der Waals surface area contributed by atoms with Crippen LogP contribution in [-0.4, -0.2) is 30.0 Å². The standard InChI is InChI=1S/C20H18N4O2S/c25-19(12-15-8-11-27-14-15)22-16-6-7-18(21-13-16)24-10-9-23(20(24)26)17-4-2-1-3-5-17/h1-8,11,13-14H,9-10,12H2,(H,22,25). The van der Waals surface area contributed by atoms with Gasteiger partial charge in [0.15, 0.2) is 0 Å². The Balaban J connectivity index is 1.40. The molecule has 1 N–H and O–H groups in total. The van der Waals surface area contributed by atoms with Gasteiger partial charge in [0.2, 0.25) is 5.91 Å². The van der Waals surface area contributed by atoms with Crippen LogP contribution in [0.4, 0.5) is 22.0 Å². The maximum Gasteiger partial charge on any atom is 0.330 e. The Morgan fingerprint density at radius 2 is 1.89 bits per heavy atom. The van der Waals surface area contributed by atoms with Gasteiger partial charge in [-0.05, 0) is 46.7 Å². The summed E-state index contributed by atoms with van der Waals surface area (Å²) in [5.41, 5.74) is 2.48. The van der Waals surface area contributed by atoms with Gasteiger partial charge in [0.25, 0.3) is 0 Å². The summed E-state index contributed by atoms with van der Waals surface area (Å²) >= 11 is 1.57. The highest BCUT2D eigenvalue weighted by atomic mass is 32.1. The van der Waals surface area contributed by atoms with Crippen LogP contribution in [0.2, 0.25) is 0 Å². The van der Waals surface area contributed by atoms with Crippen molar-refractivity contribution in [2.24, 2.45) is 0 Å². The van der Waals surface area contributed by atoms with Gasteiger partial charge in [-0.3, -0.25) is 14.6 Å². The molecule has 3 aromatic rings. The van der Waals surface area contributed by atoms with Crippen molar-refractivity contribution in [2.75, 3.05) is 28.2 Å². The van der Waals surface area contributed by atoms with Crippen LogP contribution in [0, 0.1) is 0 Å². The number of benzene rings is 1. The van der Waals surface area contributed by atoms with E-state index in [1.54, 1.807) is 39.5 Å². The van der Waals surface area contributed by atoms with E-state index in [1.165, 1.54) is 0 Å². The Morgan fingerprint density at radius 1 is 1.07 bits per heavy atom. The van der Waals surface area contributed by atoms with E-state index >= 15 is 0 Å². The van der Waals surface area contributed by atoms with E-state index in [2.05, 4.69) is 10.3 Å². The summed E-state index contributed by atoms with van der Waals surface area (Å²) in [6.45, 7) is 1.19. The van der Waals surface area contributed by atoms with E-state index < -0.39 is 0 Å². The minimum atomic E-state index is -0.0945. The van der Waals surface area contributed by atoms with Gasteiger partial charge in [0, 0.05) is 18.8 Å². The zero-order valence-electron chi connectivity index (χ0n) is 14.5. The predicted molar refractivity (Wildman–Crippen MR) is 107 cm³/mol. The molecule has 0 saturated carbocycles. The highest BCUT2D eigenvalue weighted by Crippen LogP contribution is 2.24. The third-order valence-corrected chi connectivity index (χ3v) is 5.06. The molecule has 0 unspecified atom stereocenters. The average molecular weight is 378 g/mol. The van der Waals surface area contributed by atoms with E-state index in [0.29, 0.717) is 31.0 Å². The first-order chi connectivity index (χ1) is 13.2. The number of carbonyl (C=O) groups excluding carboxylic acids is 2. The maximum absolute atomic E-state index is 12.7. The second kappa shape index (κ2) is 7.59. The summed E-state index contributed by atoms with van der Waals surface area (Å²) in [5.74, 6) is 0.490. The number of anilines is 3. The molecule has 27 heavy (non-hydrogen) atoms. The van der Waals surface area contributed by atoms with Crippen LogP contribution < -0.4 is 15.1 Å². The molecule has 2 aromatic heterocycles. The quantitative estimate of drug-likeness (QED) is 0.735. The molecule has 1 aliphatic heterocycles. The third-order valence-electron chi connectivity index (χ3n) is 4.33. The Kier molecular flexibility index (Phi) is 4.84. The third kappa shape index (κ3) is 3.83. The van der Waals surface area contributed by atoms with E-state index in [-0.39, 0.29) is 11.9 Å². The minimum absolute atomic E-state index is 0.0875. The van der Waals surface area contributed by atoms with Crippen LogP contribution in [0.25, 0.3) is 0 Å². The van der Waals surface area contributed by atoms with Crippen molar-refractivity contribution >= 4 is 40.5 Å². The smallest absolute Gasteiger partial charge is 0.324 e. The Bertz CT molecular complexity index is 926. The fourth-order valence-electron chi connectivity index (χ4n) is 3.00. The summed E-state index contributed by atoms with van der Waals surface area (Å²) in [6.07, 6.45) is 1.92. The molecule has 0 aliphatic carbocycles. The summed E-state index contributed by atoms with van der Waals surface area (Å²) in [7, 11) is 0. The molecule has 6 nitrogen and oxygen atoms in total. The topological polar surface area (TPSA) is 65.5 Å². The Morgan fingerprint density at radius 3 is 2.59 bits per heavy atom. The van der Waals surface area contributed by atoms with Crippen LogP contribution in [0.5, 0.6) is 0 Å². The van der Waals surface area contributed by atoms with Crippen LogP contribution in [-0.2, 0) is 11.2 Å². The van der Waals surface area contributed by atoms with Gasteiger partial charge in [-0.15, -0.1) is 0 Å². The average Bonchev–Trinajstić information content (AvgIpc) is 3.33. The molecule has 3 heterocycles. The van der Waals surface area contributed by atoms with Crippen LogP contribution in [0.15, 0.2) is 65.5 Å². The molecular formula is C20H18N4O2S. The van der Waals surface area contributed by atoms with Crippen molar-refractivity contribution in [3.8, 4) is 0 Å². The zero-order chi connectivity index (χ0) is 18.6. The summed E-state index contributed by atoms with van der Waals surface area (Å²) in [6, 6.07) is 15.0. The number of urea groups is 1. The zero-order valence-corrected chi connectivity index (χ0v) is 15.4. The van der Waals surface area contributed by atoms with Crippen LogP contribution in [0.1, 0.15) is 5.56 Å². The van der Waals surface area contributed by atoms with E-state index in [0.717, 1.165) is 11.3 Å². The Labute approximate surface area is 161 Å². The van der Waals surface area contributed by atoms with Crippen molar-refractivity contribution in [3.05, 3.63) is 71.1 Å². The van der Waals surface area contributed by atoms with Crippen LogP contribution in [0.3, 0.4) is 0 Å². The first-order valence-corrected chi connectivity index (χ1v) is 9.56. The number of thiophene rings is 1. The number of pyridine rings is 1. The number of nitrogens with one attached hydrogen (secondary N) is 1. The van der Waals surface area contributed by atoms with E-state index in [4.69, 9.17) is 0 Å². The van der Waals surface area contributed by atoms with Crippen LogP contribution >= 0.6 is 11.3 Å². The number of aromatic nitrogens is 1. The molecular weight excluding hydrogens is 360 g/mol. The Hall–Kier alpha value is -3.19. The summed E-state index contributed by atoms with van der Waals surface area (Å²) < 4.78 is 0. The molecule has 0 atom stereocenters. The van der Waals surface area contributed by atoms with Crippen molar-refractivity contribution < 1.29 is 9.59 Å². The van der Waals surface area contributed by atoms with Crippen molar-refractivity contribution in [1.29, 1.82) is 0 Å². The number of amides is 3. The second-order valence-corrected chi connectivity index (χ2v) is 6.96. The van der Waals surface area contributed by atoms with Crippen molar-refractivity contribution in [1.82, 2.24) is 4.98 Å². The highest BCUT2D eigenvalue weighted by molar-refractivity contribution is 7.08. The lowest BCUT2D eigenvalue weighted by Gasteiger charge is -2.18. The molecule has 1 aromatic carbocycles. The summed E-state index contributed by atoms with van der Waals surface area (Å²) in [5, 5.41) is 6.74. The molecule has 1 saturated heterocycles. The van der Waals surface area contributed by atoms with Crippen molar-refractivity contribution in [2.45, 2.75) is 6.42 Å². The van der Waals surface area contributed by atoms with E-state index in [1.807, 2.05) is 47.2 Å². The molecule has 7 heteroatoms. The number of nitrogens with zero attached hydrogens (tertiary/aromatic N) is 3. The lowest BCUT2D eigenvalue weighted by Crippen LogP contribution is -2.32. The van der Waals surface area contributed by atoms with Gasteiger partial charge >= 0.3 is 6.03 Å². The molecule has 136 valence electrons. The second-order valence-electron chi connectivity index (χ2n) is 6.18. The molecule has 0 radical (unpaired) electrons. The van der Waals surface area contributed by atoms with Gasteiger partial charge < -0.3 is 5.32 Å². The number of hydrogen-bond donors (Lipinski definition) is 1. The first kappa shape index (κ1) is 17.2. The number of hydrogen-bond acceptors (Lipinski definition) is 4. The molecule has 1 aliphatic rings. The van der Waals surface area contributed by atoms with Gasteiger partial charge in [-0.25, -0.2) is 9.78 Å². The molecule has 3 amide bonds. The maximum atomic E-state index is 12.7. The number of para-hydroxylation sites is 1. The van der Waals surface area contributed by atoms with Gasteiger partial charge in [-0.2, -0.15) is 11.3 Å². The monoisotopic (exact) mass is 378 g/mol.